The van der Waals surface area contributed by atoms with Gasteiger partial charge in [0.25, 0.3) is 0 Å². The number of benzene rings is 1. The summed E-state index contributed by atoms with van der Waals surface area (Å²) in [6, 6.07) is 8.06. The zero-order valence-corrected chi connectivity index (χ0v) is 12.2. The van der Waals surface area contributed by atoms with Crippen molar-refractivity contribution in [2.45, 2.75) is 6.54 Å². The minimum absolute atomic E-state index is 0.217. The van der Waals surface area contributed by atoms with Crippen molar-refractivity contribution in [3.8, 4) is 0 Å². The van der Waals surface area contributed by atoms with Gasteiger partial charge < -0.3 is 16.2 Å². The Kier molecular flexibility index (Phi) is 4.31. The van der Waals surface area contributed by atoms with Gasteiger partial charge in [-0.1, -0.05) is 12.1 Å². The van der Waals surface area contributed by atoms with Crippen LogP contribution in [0, 0.1) is 0 Å². The van der Waals surface area contributed by atoms with E-state index in [-0.39, 0.29) is 11.7 Å². The van der Waals surface area contributed by atoms with Crippen LogP contribution in [0.1, 0.15) is 5.56 Å². The number of hydrogen-bond acceptors (Lipinski definition) is 8. The summed E-state index contributed by atoms with van der Waals surface area (Å²) in [4.78, 5) is 2.36. The molecule has 0 saturated carbocycles. The fourth-order valence-corrected chi connectivity index (χ4v) is 2.33. The predicted octanol–water partition coefficient (Wildman–Crippen LogP) is -0.0703. The smallest absolute Gasteiger partial charge is 0.177 e. The molecule has 3 rings (SSSR count). The van der Waals surface area contributed by atoms with Crippen molar-refractivity contribution >= 4 is 23.1 Å². The third-order valence-corrected chi connectivity index (χ3v) is 3.48. The van der Waals surface area contributed by atoms with Gasteiger partial charge in [0.2, 0.25) is 0 Å². The fourth-order valence-electron chi connectivity index (χ4n) is 2.33. The van der Waals surface area contributed by atoms with Crippen LogP contribution in [0.25, 0.3) is 0 Å². The molecule has 5 N–H and O–H groups in total. The molecule has 1 fully saturated rings. The summed E-state index contributed by atoms with van der Waals surface area (Å²) < 4.78 is 5.36. The standard InChI is InChI=1S/C14H19N7O/c15-13-12(14(16)20-19-13)18-17-11-3-1-2-10(8-11)9-21-4-6-22-7-5-21/h1-3,8,17H,4-7,9H2,(H4,15,16,18,19,20). The van der Waals surface area contributed by atoms with Gasteiger partial charge in [0, 0.05) is 19.6 Å². The molecular weight excluding hydrogens is 282 g/mol. The highest BCUT2D eigenvalue weighted by Gasteiger charge is 2.16. The molecular formula is C14H19N7O. The van der Waals surface area contributed by atoms with Gasteiger partial charge in [0.1, 0.15) is 0 Å². The lowest BCUT2D eigenvalue weighted by Gasteiger charge is -2.26. The second-order valence-corrected chi connectivity index (χ2v) is 5.13. The number of anilines is 1. The molecule has 0 radical (unpaired) electrons. The van der Waals surface area contributed by atoms with E-state index in [0.29, 0.717) is 5.71 Å². The molecule has 0 aliphatic carbocycles. The van der Waals surface area contributed by atoms with Crippen molar-refractivity contribution < 1.29 is 4.74 Å². The third kappa shape index (κ3) is 3.41. The van der Waals surface area contributed by atoms with Crippen LogP contribution in [0.3, 0.4) is 0 Å². The van der Waals surface area contributed by atoms with E-state index >= 15 is 0 Å². The first-order chi connectivity index (χ1) is 10.7. The maximum atomic E-state index is 5.65. The predicted molar refractivity (Wildman–Crippen MR) is 86.8 cm³/mol. The molecule has 0 bridgehead atoms. The van der Waals surface area contributed by atoms with Gasteiger partial charge in [0.05, 0.1) is 18.9 Å². The third-order valence-electron chi connectivity index (χ3n) is 3.48. The van der Waals surface area contributed by atoms with Crippen molar-refractivity contribution in [2.75, 3.05) is 31.7 Å². The number of nitrogens with one attached hydrogen (secondary N) is 1. The van der Waals surface area contributed by atoms with E-state index in [1.165, 1.54) is 5.56 Å². The van der Waals surface area contributed by atoms with E-state index in [9.17, 15) is 0 Å². The van der Waals surface area contributed by atoms with E-state index in [2.05, 4.69) is 37.8 Å². The first-order valence-electron chi connectivity index (χ1n) is 7.12. The normalized spacial score (nSPS) is 18.8. The topological polar surface area (TPSA) is 114 Å². The number of amidine groups is 2. The Hall–Kier alpha value is -2.45. The molecule has 1 aromatic carbocycles. The number of hydrogen-bond donors (Lipinski definition) is 3. The van der Waals surface area contributed by atoms with E-state index < -0.39 is 0 Å². The van der Waals surface area contributed by atoms with Crippen LogP contribution in [0.2, 0.25) is 0 Å². The zero-order chi connectivity index (χ0) is 15.4. The first kappa shape index (κ1) is 14.5. The molecule has 0 atom stereocenters. The minimum atomic E-state index is 0.217. The lowest BCUT2D eigenvalue weighted by atomic mass is 10.2. The maximum Gasteiger partial charge on any atom is 0.177 e. The van der Waals surface area contributed by atoms with Crippen LogP contribution in [0.4, 0.5) is 5.69 Å². The lowest BCUT2D eigenvalue weighted by Crippen LogP contribution is -2.35. The molecule has 2 aliphatic rings. The molecule has 22 heavy (non-hydrogen) atoms. The Balaban J connectivity index is 1.65. The summed E-state index contributed by atoms with van der Waals surface area (Å²) in [7, 11) is 0. The molecule has 0 amide bonds. The van der Waals surface area contributed by atoms with Crippen molar-refractivity contribution in [3.63, 3.8) is 0 Å². The van der Waals surface area contributed by atoms with Gasteiger partial charge in [-0.05, 0) is 17.7 Å². The Bertz CT molecular complexity index is 612. The molecule has 2 heterocycles. The highest BCUT2D eigenvalue weighted by Crippen LogP contribution is 2.14. The molecule has 8 heteroatoms. The van der Waals surface area contributed by atoms with Gasteiger partial charge in [-0.2, -0.15) is 5.10 Å². The molecule has 0 spiro atoms. The summed E-state index contributed by atoms with van der Waals surface area (Å²) in [6.07, 6.45) is 0. The van der Waals surface area contributed by atoms with E-state index in [4.69, 9.17) is 16.2 Å². The molecule has 0 unspecified atom stereocenters. The molecule has 2 aliphatic heterocycles. The number of nitrogens with two attached hydrogens (primary N) is 2. The SMILES string of the molecule is NC1=NN=C(N)C1=NNc1cccc(CN2CCOCC2)c1. The summed E-state index contributed by atoms with van der Waals surface area (Å²) in [5.74, 6) is 0.434. The number of rotatable bonds is 4. The van der Waals surface area contributed by atoms with Crippen LogP contribution in [0.5, 0.6) is 0 Å². The van der Waals surface area contributed by atoms with E-state index in [0.717, 1.165) is 38.5 Å². The van der Waals surface area contributed by atoms with Gasteiger partial charge in [0.15, 0.2) is 17.4 Å². The Labute approximate surface area is 128 Å². The maximum absolute atomic E-state index is 5.65. The van der Waals surface area contributed by atoms with Crippen molar-refractivity contribution in [2.24, 2.45) is 26.8 Å². The van der Waals surface area contributed by atoms with Crippen molar-refractivity contribution in [1.82, 2.24) is 4.90 Å². The van der Waals surface area contributed by atoms with Crippen LogP contribution in [-0.4, -0.2) is 48.6 Å². The quantitative estimate of drug-likeness (QED) is 0.674. The fraction of sp³-hybridized carbons (Fsp3) is 0.357. The highest BCUT2D eigenvalue weighted by atomic mass is 16.5. The monoisotopic (exact) mass is 301 g/mol. The average molecular weight is 301 g/mol. The summed E-state index contributed by atoms with van der Waals surface area (Å²) in [5, 5.41) is 11.5. The number of hydrazone groups is 1. The Morgan fingerprint density at radius 3 is 2.64 bits per heavy atom. The van der Waals surface area contributed by atoms with Crippen molar-refractivity contribution in [1.29, 1.82) is 0 Å². The number of ether oxygens (including phenoxy) is 1. The van der Waals surface area contributed by atoms with Crippen molar-refractivity contribution in [3.05, 3.63) is 29.8 Å². The van der Waals surface area contributed by atoms with Gasteiger partial charge in [-0.3, -0.25) is 10.3 Å². The van der Waals surface area contributed by atoms with Gasteiger partial charge in [-0.25, -0.2) is 0 Å². The van der Waals surface area contributed by atoms with Crippen LogP contribution in [0.15, 0.2) is 39.6 Å². The molecule has 116 valence electrons. The molecule has 0 aromatic heterocycles. The summed E-state index contributed by atoms with van der Waals surface area (Å²) in [5.41, 5.74) is 16.7. The second kappa shape index (κ2) is 6.54. The zero-order valence-electron chi connectivity index (χ0n) is 12.2. The van der Waals surface area contributed by atoms with Crippen LogP contribution >= 0.6 is 0 Å². The van der Waals surface area contributed by atoms with Gasteiger partial charge in [-0.15, -0.1) is 10.2 Å². The lowest BCUT2D eigenvalue weighted by molar-refractivity contribution is 0.0342. The number of nitrogens with zero attached hydrogens (tertiary/aromatic N) is 4. The average Bonchev–Trinajstić information content (AvgIpc) is 2.85. The van der Waals surface area contributed by atoms with Gasteiger partial charge >= 0.3 is 0 Å². The molecule has 1 saturated heterocycles. The molecule has 1 aromatic rings. The highest BCUT2D eigenvalue weighted by molar-refractivity contribution is 6.68. The van der Waals surface area contributed by atoms with Crippen LogP contribution in [-0.2, 0) is 11.3 Å². The summed E-state index contributed by atoms with van der Waals surface area (Å²) in [6.45, 7) is 4.40. The Morgan fingerprint density at radius 2 is 1.91 bits per heavy atom. The summed E-state index contributed by atoms with van der Waals surface area (Å²) >= 11 is 0. The first-order valence-corrected chi connectivity index (χ1v) is 7.12. The Morgan fingerprint density at radius 1 is 1.18 bits per heavy atom. The second-order valence-electron chi connectivity index (χ2n) is 5.13. The van der Waals surface area contributed by atoms with Crippen LogP contribution < -0.4 is 16.9 Å². The van der Waals surface area contributed by atoms with E-state index in [1.54, 1.807) is 0 Å². The van der Waals surface area contributed by atoms with E-state index in [1.807, 2.05) is 12.1 Å². The minimum Gasteiger partial charge on any atom is -0.380 e. The largest absolute Gasteiger partial charge is 0.380 e. The molecule has 8 nitrogen and oxygen atoms in total. The number of morpholine rings is 1.